The van der Waals surface area contributed by atoms with Gasteiger partial charge in [-0.15, -0.1) is 0 Å². The molecule has 0 aliphatic carbocycles. The van der Waals surface area contributed by atoms with Gasteiger partial charge in [-0.25, -0.2) is 4.79 Å². The van der Waals surface area contributed by atoms with E-state index in [1.54, 1.807) is 17.9 Å². The van der Waals surface area contributed by atoms with E-state index in [4.69, 9.17) is 9.47 Å². The Morgan fingerprint density at radius 2 is 1.83 bits per heavy atom. The summed E-state index contributed by atoms with van der Waals surface area (Å²) in [7, 11) is 0. The van der Waals surface area contributed by atoms with E-state index < -0.39 is 5.97 Å². The number of rotatable bonds is 5. The van der Waals surface area contributed by atoms with Crippen LogP contribution in [0, 0.1) is 19.8 Å². The largest absolute Gasteiger partial charge is 0.466 e. The number of pyridine rings is 1. The summed E-state index contributed by atoms with van der Waals surface area (Å²) in [4.78, 5) is 43.0. The number of ether oxygens (including phenoxy) is 2. The van der Waals surface area contributed by atoms with E-state index in [0.29, 0.717) is 49.2 Å². The normalized spacial score (nSPS) is 14.7. The van der Waals surface area contributed by atoms with E-state index in [0.717, 1.165) is 11.1 Å². The van der Waals surface area contributed by atoms with Crippen LogP contribution in [0.2, 0.25) is 0 Å². The number of benzene rings is 1. The number of aryl methyl sites for hydroxylation is 2. The lowest BCUT2D eigenvalue weighted by Crippen LogP contribution is -2.42. The molecule has 2 aromatic rings. The number of carbonyl (C=O) groups is 3. The first-order valence-corrected chi connectivity index (χ1v) is 9.88. The molecule has 7 nitrogen and oxygen atoms in total. The summed E-state index contributed by atoms with van der Waals surface area (Å²) in [6.45, 7) is 6.48. The Morgan fingerprint density at radius 1 is 1.10 bits per heavy atom. The van der Waals surface area contributed by atoms with E-state index >= 15 is 0 Å². The molecule has 1 fully saturated rings. The van der Waals surface area contributed by atoms with Crippen LogP contribution < -0.4 is 0 Å². The van der Waals surface area contributed by atoms with Crippen molar-refractivity contribution in [3.8, 4) is 0 Å². The highest BCUT2D eigenvalue weighted by atomic mass is 16.5. The molecule has 1 amide bonds. The maximum atomic E-state index is 12.6. The molecule has 1 aromatic heterocycles. The zero-order valence-corrected chi connectivity index (χ0v) is 17.1. The van der Waals surface area contributed by atoms with Gasteiger partial charge in [-0.3, -0.25) is 14.6 Å². The Morgan fingerprint density at radius 3 is 2.52 bits per heavy atom. The molecule has 29 heavy (non-hydrogen) atoms. The van der Waals surface area contributed by atoms with Gasteiger partial charge in [0, 0.05) is 24.2 Å². The lowest BCUT2D eigenvalue weighted by atomic mass is 9.97. The number of hydrogen-bond donors (Lipinski definition) is 0. The second-order valence-corrected chi connectivity index (χ2v) is 7.32. The maximum absolute atomic E-state index is 12.6. The lowest BCUT2D eigenvalue weighted by Gasteiger charge is -2.30. The summed E-state index contributed by atoms with van der Waals surface area (Å²) >= 11 is 0. The first kappa shape index (κ1) is 20.8. The Balaban J connectivity index is 1.60. The molecule has 0 bridgehead atoms. The molecular weight excluding hydrogens is 372 g/mol. The fourth-order valence-electron chi connectivity index (χ4n) is 3.56. The zero-order chi connectivity index (χ0) is 21.0. The SMILES string of the molecule is CCOC(=O)C1CCN(C(=O)COC(=O)c2cc(C)nc3ccc(C)cc23)CC1. The number of piperidine rings is 1. The molecule has 0 spiro atoms. The molecule has 0 atom stereocenters. The quantitative estimate of drug-likeness (QED) is 0.720. The molecule has 1 saturated heterocycles. The Labute approximate surface area is 170 Å². The van der Waals surface area contributed by atoms with E-state index in [1.807, 2.05) is 32.0 Å². The third kappa shape index (κ3) is 4.91. The standard InChI is InChI=1S/C22H26N2O5/c1-4-28-21(26)16-7-9-24(10-8-16)20(25)13-29-22(27)18-12-15(3)23-19-6-5-14(2)11-17(18)19/h5-6,11-12,16H,4,7-10,13H2,1-3H3. The predicted molar refractivity (Wildman–Crippen MR) is 107 cm³/mol. The second kappa shape index (κ2) is 9.03. The number of fused-ring (bicyclic) bond motifs is 1. The average Bonchev–Trinajstić information content (AvgIpc) is 2.71. The minimum Gasteiger partial charge on any atom is -0.466 e. The Bertz CT molecular complexity index is 932. The van der Waals surface area contributed by atoms with E-state index in [2.05, 4.69) is 4.98 Å². The lowest BCUT2D eigenvalue weighted by molar-refractivity contribution is -0.151. The highest BCUT2D eigenvalue weighted by molar-refractivity contribution is 6.04. The zero-order valence-electron chi connectivity index (χ0n) is 17.1. The third-order valence-electron chi connectivity index (χ3n) is 5.11. The number of esters is 2. The first-order chi connectivity index (χ1) is 13.9. The number of amides is 1. The number of aromatic nitrogens is 1. The van der Waals surface area contributed by atoms with Crippen molar-refractivity contribution in [3.05, 3.63) is 41.1 Å². The topological polar surface area (TPSA) is 85.8 Å². The van der Waals surface area contributed by atoms with Gasteiger partial charge in [0.2, 0.25) is 0 Å². The molecule has 3 rings (SSSR count). The minimum absolute atomic E-state index is 0.170. The second-order valence-electron chi connectivity index (χ2n) is 7.32. The van der Waals surface area contributed by atoms with Crippen molar-refractivity contribution >= 4 is 28.7 Å². The highest BCUT2D eigenvalue weighted by Crippen LogP contribution is 2.22. The number of likely N-dealkylation sites (tertiary alicyclic amines) is 1. The summed E-state index contributed by atoms with van der Waals surface area (Å²) in [5.74, 6) is -1.18. The minimum atomic E-state index is -0.541. The molecule has 7 heteroatoms. The van der Waals surface area contributed by atoms with Gasteiger partial charge in [0.05, 0.1) is 23.6 Å². The van der Waals surface area contributed by atoms with Gasteiger partial charge < -0.3 is 14.4 Å². The van der Waals surface area contributed by atoms with Gasteiger partial charge in [0.15, 0.2) is 6.61 Å². The molecule has 2 heterocycles. The molecule has 1 aromatic carbocycles. The fourth-order valence-corrected chi connectivity index (χ4v) is 3.56. The summed E-state index contributed by atoms with van der Waals surface area (Å²) in [6, 6.07) is 7.38. The molecule has 0 radical (unpaired) electrons. The Kier molecular flexibility index (Phi) is 6.46. The van der Waals surface area contributed by atoms with Gasteiger partial charge in [0.1, 0.15) is 0 Å². The number of hydrogen-bond acceptors (Lipinski definition) is 6. The van der Waals surface area contributed by atoms with Crippen molar-refractivity contribution in [2.45, 2.75) is 33.6 Å². The molecular formula is C22H26N2O5. The van der Waals surface area contributed by atoms with Crippen LogP contribution >= 0.6 is 0 Å². The van der Waals surface area contributed by atoms with Crippen molar-refractivity contribution < 1.29 is 23.9 Å². The van der Waals surface area contributed by atoms with Crippen LogP contribution in [0.3, 0.4) is 0 Å². The van der Waals surface area contributed by atoms with Crippen LogP contribution in [0.1, 0.15) is 41.4 Å². The van der Waals surface area contributed by atoms with Crippen molar-refractivity contribution in [1.82, 2.24) is 9.88 Å². The predicted octanol–water partition coefficient (Wildman–Crippen LogP) is 2.81. The average molecular weight is 398 g/mol. The number of carbonyl (C=O) groups excluding carboxylic acids is 3. The molecule has 1 aliphatic heterocycles. The van der Waals surface area contributed by atoms with Crippen LogP contribution in [0.4, 0.5) is 0 Å². The van der Waals surface area contributed by atoms with Crippen molar-refractivity contribution in [1.29, 1.82) is 0 Å². The van der Waals surface area contributed by atoms with Crippen molar-refractivity contribution in [2.24, 2.45) is 5.92 Å². The molecule has 0 saturated carbocycles. The first-order valence-electron chi connectivity index (χ1n) is 9.88. The summed E-state index contributed by atoms with van der Waals surface area (Å²) in [5.41, 5.74) is 2.85. The van der Waals surface area contributed by atoms with E-state index in [1.165, 1.54) is 0 Å². The van der Waals surface area contributed by atoms with Gasteiger partial charge in [-0.1, -0.05) is 11.6 Å². The summed E-state index contributed by atoms with van der Waals surface area (Å²) in [6.07, 6.45) is 1.12. The highest BCUT2D eigenvalue weighted by Gasteiger charge is 2.28. The molecule has 154 valence electrons. The van der Waals surface area contributed by atoms with Crippen molar-refractivity contribution in [2.75, 3.05) is 26.3 Å². The maximum Gasteiger partial charge on any atom is 0.339 e. The van der Waals surface area contributed by atoms with Gasteiger partial charge >= 0.3 is 11.9 Å². The van der Waals surface area contributed by atoms with Crippen LogP contribution in [0.15, 0.2) is 24.3 Å². The summed E-state index contributed by atoms with van der Waals surface area (Å²) in [5, 5.41) is 0.711. The van der Waals surface area contributed by atoms with Gasteiger partial charge in [-0.05, 0) is 51.8 Å². The smallest absolute Gasteiger partial charge is 0.339 e. The van der Waals surface area contributed by atoms with Gasteiger partial charge in [-0.2, -0.15) is 0 Å². The van der Waals surface area contributed by atoms with Crippen LogP contribution in [-0.4, -0.2) is 54.0 Å². The fraction of sp³-hybridized carbons (Fsp3) is 0.455. The summed E-state index contributed by atoms with van der Waals surface area (Å²) < 4.78 is 10.4. The van der Waals surface area contributed by atoms with Gasteiger partial charge in [0.25, 0.3) is 5.91 Å². The van der Waals surface area contributed by atoms with E-state index in [9.17, 15) is 14.4 Å². The van der Waals surface area contributed by atoms with Crippen molar-refractivity contribution in [3.63, 3.8) is 0 Å². The number of nitrogens with zero attached hydrogens (tertiary/aromatic N) is 2. The van der Waals surface area contributed by atoms with Crippen LogP contribution in [0.25, 0.3) is 10.9 Å². The molecule has 0 N–H and O–H groups in total. The molecule has 0 unspecified atom stereocenters. The Hall–Kier alpha value is -2.96. The molecule has 1 aliphatic rings. The monoisotopic (exact) mass is 398 g/mol. The van der Waals surface area contributed by atoms with E-state index in [-0.39, 0.29) is 24.4 Å². The van der Waals surface area contributed by atoms with Crippen LogP contribution in [-0.2, 0) is 19.1 Å². The third-order valence-corrected chi connectivity index (χ3v) is 5.11. The van der Waals surface area contributed by atoms with Crippen LogP contribution in [0.5, 0.6) is 0 Å².